The first-order valence-electron chi connectivity index (χ1n) is 6.06. The molecule has 1 fully saturated rings. The predicted molar refractivity (Wildman–Crippen MR) is 67.4 cm³/mol. The summed E-state index contributed by atoms with van der Waals surface area (Å²) >= 11 is 6.45. The van der Waals surface area contributed by atoms with Crippen molar-refractivity contribution in [1.82, 2.24) is 5.32 Å². The van der Waals surface area contributed by atoms with Crippen LogP contribution in [0.4, 0.5) is 0 Å². The van der Waals surface area contributed by atoms with Crippen molar-refractivity contribution in [1.29, 1.82) is 0 Å². The Morgan fingerprint density at radius 1 is 1.35 bits per heavy atom. The third kappa shape index (κ3) is 1.87. The second-order valence-corrected chi connectivity index (χ2v) is 5.00. The summed E-state index contributed by atoms with van der Waals surface area (Å²) < 4.78 is 11.3. The molecule has 0 spiro atoms. The van der Waals surface area contributed by atoms with E-state index in [1.165, 1.54) is 5.56 Å². The normalized spacial score (nSPS) is 22.8. The van der Waals surface area contributed by atoms with Crippen LogP contribution in [0.3, 0.4) is 0 Å². The summed E-state index contributed by atoms with van der Waals surface area (Å²) in [6, 6.07) is 2.06. The van der Waals surface area contributed by atoms with E-state index in [0.29, 0.717) is 19.1 Å². The van der Waals surface area contributed by atoms with Gasteiger partial charge in [0.1, 0.15) is 13.2 Å². The fourth-order valence-electron chi connectivity index (χ4n) is 2.57. The van der Waals surface area contributed by atoms with Crippen molar-refractivity contribution < 1.29 is 9.47 Å². The minimum Gasteiger partial charge on any atom is -0.486 e. The van der Waals surface area contributed by atoms with Crippen LogP contribution in [0.1, 0.15) is 23.5 Å². The van der Waals surface area contributed by atoms with E-state index in [2.05, 4.69) is 11.4 Å². The number of fused-ring (bicyclic) bond motifs is 1. The molecular weight excluding hydrogens is 238 g/mol. The summed E-state index contributed by atoms with van der Waals surface area (Å²) in [6.07, 6.45) is 1.14. The highest BCUT2D eigenvalue weighted by atomic mass is 35.5. The van der Waals surface area contributed by atoms with Crippen LogP contribution in [0, 0.1) is 6.92 Å². The fourth-order valence-corrected chi connectivity index (χ4v) is 2.86. The quantitative estimate of drug-likeness (QED) is 0.834. The van der Waals surface area contributed by atoms with Crippen molar-refractivity contribution in [2.75, 3.05) is 26.3 Å². The first-order chi connectivity index (χ1) is 8.27. The lowest BCUT2D eigenvalue weighted by Gasteiger charge is -2.23. The molecular formula is C13H16ClNO2. The Morgan fingerprint density at radius 2 is 2.18 bits per heavy atom. The zero-order chi connectivity index (χ0) is 11.8. The molecule has 92 valence electrons. The van der Waals surface area contributed by atoms with E-state index in [1.807, 2.05) is 6.92 Å². The lowest BCUT2D eigenvalue weighted by molar-refractivity contribution is 0.170. The third-order valence-electron chi connectivity index (χ3n) is 3.52. The van der Waals surface area contributed by atoms with Gasteiger partial charge < -0.3 is 14.8 Å². The zero-order valence-corrected chi connectivity index (χ0v) is 10.6. The molecule has 1 aromatic carbocycles. The molecule has 0 aromatic heterocycles. The summed E-state index contributed by atoms with van der Waals surface area (Å²) in [6.45, 7) is 5.29. The number of nitrogens with one attached hydrogen (secondary N) is 1. The Bertz CT molecular complexity index is 442. The van der Waals surface area contributed by atoms with E-state index < -0.39 is 0 Å². The molecule has 17 heavy (non-hydrogen) atoms. The lowest BCUT2D eigenvalue weighted by atomic mass is 9.95. The van der Waals surface area contributed by atoms with Crippen LogP contribution < -0.4 is 14.8 Å². The number of ether oxygens (including phenoxy) is 2. The third-order valence-corrected chi connectivity index (χ3v) is 4.02. The Balaban J connectivity index is 2.06. The molecule has 2 aliphatic rings. The van der Waals surface area contributed by atoms with Gasteiger partial charge in [-0.1, -0.05) is 11.6 Å². The number of rotatable bonds is 1. The van der Waals surface area contributed by atoms with Gasteiger partial charge in [0.15, 0.2) is 11.5 Å². The molecule has 2 heterocycles. The van der Waals surface area contributed by atoms with Crippen LogP contribution in [-0.4, -0.2) is 26.3 Å². The van der Waals surface area contributed by atoms with E-state index >= 15 is 0 Å². The maximum Gasteiger partial charge on any atom is 0.165 e. The standard InChI is InChI=1S/C13H16ClNO2/c1-8-12(14)10(9-2-3-15-7-9)6-11-13(8)17-5-4-16-11/h6,9,15H,2-5,7H2,1H3. The number of hydrogen-bond acceptors (Lipinski definition) is 3. The topological polar surface area (TPSA) is 30.5 Å². The minimum atomic E-state index is 0.497. The van der Waals surface area contributed by atoms with Crippen molar-refractivity contribution >= 4 is 11.6 Å². The second-order valence-electron chi connectivity index (χ2n) is 4.62. The summed E-state index contributed by atoms with van der Waals surface area (Å²) in [7, 11) is 0. The van der Waals surface area contributed by atoms with Crippen molar-refractivity contribution in [2.24, 2.45) is 0 Å². The second kappa shape index (κ2) is 4.39. The van der Waals surface area contributed by atoms with E-state index in [4.69, 9.17) is 21.1 Å². The molecule has 3 nitrogen and oxygen atoms in total. The van der Waals surface area contributed by atoms with Crippen LogP contribution in [0.2, 0.25) is 5.02 Å². The Kier molecular flexibility index (Phi) is 2.89. The van der Waals surface area contributed by atoms with Crippen LogP contribution in [0.15, 0.2) is 6.07 Å². The Hall–Kier alpha value is -0.930. The van der Waals surface area contributed by atoms with Crippen molar-refractivity contribution in [3.05, 3.63) is 22.2 Å². The average molecular weight is 254 g/mol. The maximum absolute atomic E-state index is 6.45. The molecule has 4 heteroatoms. The molecule has 0 amide bonds. The van der Waals surface area contributed by atoms with Gasteiger partial charge in [0, 0.05) is 12.1 Å². The fraction of sp³-hybridized carbons (Fsp3) is 0.538. The van der Waals surface area contributed by atoms with Crippen LogP contribution in [-0.2, 0) is 0 Å². The minimum absolute atomic E-state index is 0.497. The van der Waals surface area contributed by atoms with Crippen LogP contribution in [0.25, 0.3) is 0 Å². The van der Waals surface area contributed by atoms with Gasteiger partial charge in [-0.25, -0.2) is 0 Å². The van der Waals surface area contributed by atoms with Crippen molar-refractivity contribution in [2.45, 2.75) is 19.3 Å². The number of benzene rings is 1. The van der Waals surface area contributed by atoms with Gasteiger partial charge in [-0.05, 0) is 37.4 Å². The van der Waals surface area contributed by atoms with Crippen LogP contribution >= 0.6 is 11.6 Å². The molecule has 0 saturated carbocycles. The summed E-state index contributed by atoms with van der Waals surface area (Å²) in [5, 5.41) is 4.20. The maximum atomic E-state index is 6.45. The number of hydrogen-bond donors (Lipinski definition) is 1. The monoisotopic (exact) mass is 253 g/mol. The van der Waals surface area contributed by atoms with E-state index in [1.54, 1.807) is 0 Å². The summed E-state index contributed by atoms with van der Waals surface area (Å²) in [4.78, 5) is 0. The molecule has 0 aliphatic carbocycles. The highest BCUT2D eigenvalue weighted by Gasteiger charge is 2.25. The first-order valence-corrected chi connectivity index (χ1v) is 6.44. The highest BCUT2D eigenvalue weighted by Crippen LogP contribution is 2.43. The van der Waals surface area contributed by atoms with Crippen molar-refractivity contribution in [3.8, 4) is 11.5 Å². The van der Waals surface area contributed by atoms with E-state index in [0.717, 1.165) is 41.6 Å². The molecule has 1 unspecified atom stereocenters. The van der Waals surface area contributed by atoms with E-state index in [-0.39, 0.29) is 0 Å². The van der Waals surface area contributed by atoms with E-state index in [9.17, 15) is 0 Å². The Morgan fingerprint density at radius 3 is 2.94 bits per heavy atom. The zero-order valence-electron chi connectivity index (χ0n) is 9.88. The number of halogens is 1. The SMILES string of the molecule is Cc1c(Cl)c(C2CCNC2)cc2c1OCCO2. The molecule has 1 aromatic rings. The Labute approximate surface area is 106 Å². The molecule has 1 atom stereocenters. The van der Waals surface area contributed by atoms with Gasteiger partial charge in [0.05, 0.1) is 5.02 Å². The molecule has 1 saturated heterocycles. The van der Waals surface area contributed by atoms with Crippen molar-refractivity contribution in [3.63, 3.8) is 0 Å². The highest BCUT2D eigenvalue weighted by molar-refractivity contribution is 6.32. The van der Waals surface area contributed by atoms with Gasteiger partial charge in [0.2, 0.25) is 0 Å². The summed E-state index contributed by atoms with van der Waals surface area (Å²) in [5.74, 6) is 2.16. The molecule has 0 bridgehead atoms. The largest absolute Gasteiger partial charge is 0.486 e. The van der Waals surface area contributed by atoms with Crippen LogP contribution in [0.5, 0.6) is 11.5 Å². The average Bonchev–Trinajstić information content (AvgIpc) is 2.87. The van der Waals surface area contributed by atoms with Gasteiger partial charge in [0.25, 0.3) is 0 Å². The molecule has 1 N–H and O–H groups in total. The molecule has 0 radical (unpaired) electrons. The lowest BCUT2D eigenvalue weighted by Crippen LogP contribution is -2.17. The molecule has 3 rings (SSSR count). The summed E-state index contributed by atoms with van der Waals surface area (Å²) in [5.41, 5.74) is 2.20. The predicted octanol–water partition coefficient (Wildman–Crippen LogP) is 2.50. The van der Waals surface area contributed by atoms with Gasteiger partial charge in [-0.3, -0.25) is 0 Å². The molecule has 2 aliphatic heterocycles. The van der Waals surface area contributed by atoms with Gasteiger partial charge >= 0.3 is 0 Å². The first kappa shape index (κ1) is 11.2. The van der Waals surface area contributed by atoms with Gasteiger partial charge in [-0.2, -0.15) is 0 Å². The smallest absolute Gasteiger partial charge is 0.165 e. The van der Waals surface area contributed by atoms with Gasteiger partial charge in [-0.15, -0.1) is 0 Å².